The molecule has 9 heteroatoms. The third-order valence-electron chi connectivity index (χ3n) is 5.96. The Morgan fingerprint density at radius 2 is 1.81 bits per heavy atom. The molecule has 2 aromatic rings. The number of nitrogens with zero attached hydrogens (tertiary/aromatic N) is 2. The summed E-state index contributed by atoms with van der Waals surface area (Å²) >= 11 is 1.70. The zero-order valence-corrected chi connectivity index (χ0v) is 19.1. The molecule has 2 aliphatic heterocycles. The van der Waals surface area contributed by atoms with Gasteiger partial charge < -0.3 is 9.64 Å². The molecule has 1 fully saturated rings. The van der Waals surface area contributed by atoms with E-state index in [0.29, 0.717) is 32.1 Å². The van der Waals surface area contributed by atoms with Gasteiger partial charge in [-0.05, 0) is 66.5 Å². The zero-order chi connectivity index (χ0) is 22.0. The summed E-state index contributed by atoms with van der Waals surface area (Å²) in [6, 6.07) is 7.74. The van der Waals surface area contributed by atoms with Crippen LogP contribution in [0.3, 0.4) is 0 Å². The molecule has 1 aromatic heterocycles. The van der Waals surface area contributed by atoms with Crippen molar-refractivity contribution in [2.45, 2.75) is 37.6 Å². The molecular weight excluding hydrogens is 436 g/mol. The highest BCUT2D eigenvalue weighted by Crippen LogP contribution is 2.25. The molecule has 1 amide bonds. The van der Waals surface area contributed by atoms with Crippen molar-refractivity contribution >= 4 is 33.2 Å². The van der Waals surface area contributed by atoms with Crippen molar-refractivity contribution < 1.29 is 22.7 Å². The Morgan fingerprint density at radius 1 is 1.10 bits per heavy atom. The van der Waals surface area contributed by atoms with Crippen LogP contribution < -0.4 is 0 Å². The second-order valence-electron chi connectivity index (χ2n) is 8.12. The maximum Gasteiger partial charge on any atom is 0.338 e. The van der Waals surface area contributed by atoms with Gasteiger partial charge in [-0.25, -0.2) is 13.2 Å². The fourth-order valence-electron chi connectivity index (χ4n) is 3.90. The van der Waals surface area contributed by atoms with Gasteiger partial charge in [0.25, 0.3) is 5.91 Å². The lowest BCUT2D eigenvalue weighted by molar-refractivity contribution is -0.135. The lowest BCUT2D eigenvalue weighted by Gasteiger charge is -2.29. The summed E-state index contributed by atoms with van der Waals surface area (Å²) in [5, 5.41) is 2.02. The molecule has 1 aromatic carbocycles. The maximum absolute atomic E-state index is 12.8. The number of amides is 1. The number of fused-ring (bicyclic) bond motifs is 1. The standard InChI is InChI=1S/C22H26N2O5S2/c1-16-6-11-24(12-7-16)31(27,28)19-4-2-17(3-5-19)22(26)29-15-21(25)23-10-8-20-18(14-23)9-13-30-20/h2-5,9,13,16H,6-8,10-12,14-15H2,1H3. The van der Waals surface area contributed by atoms with E-state index in [4.69, 9.17) is 4.74 Å². The summed E-state index contributed by atoms with van der Waals surface area (Å²) in [5.41, 5.74) is 1.37. The zero-order valence-electron chi connectivity index (χ0n) is 17.5. The molecule has 4 rings (SSSR count). The Bertz CT molecular complexity index is 1050. The van der Waals surface area contributed by atoms with Crippen molar-refractivity contribution in [3.8, 4) is 0 Å². The van der Waals surface area contributed by atoms with Crippen LogP contribution in [-0.4, -0.2) is 55.7 Å². The van der Waals surface area contributed by atoms with Crippen molar-refractivity contribution in [3.05, 3.63) is 51.7 Å². The highest BCUT2D eigenvalue weighted by Gasteiger charge is 2.28. The van der Waals surface area contributed by atoms with E-state index in [9.17, 15) is 18.0 Å². The van der Waals surface area contributed by atoms with Crippen molar-refractivity contribution in [1.29, 1.82) is 0 Å². The molecule has 0 aliphatic carbocycles. The minimum Gasteiger partial charge on any atom is -0.452 e. The Labute approximate surface area is 186 Å². The summed E-state index contributed by atoms with van der Waals surface area (Å²) in [6.07, 6.45) is 2.52. The number of hydrogen-bond acceptors (Lipinski definition) is 6. The van der Waals surface area contributed by atoms with Gasteiger partial charge in [-0.2, -0.15) is 4.31 Å². The molecule has 0 atom stereocenters. The van der Waals surface area contributed by atoms with Gasteiger partial charge in [-0.3, -0.25) is 4.79 Å². The number of sulfonamides is 1. The topological polar surface area (TPSA) is 84.0 Å². The predicted molar refractivity (Wildman–Crippen MR) is 117 cm³/mol. The summed E-state index contributed by atoms with van der Waals surface area (Å²) in [6.45, 7) is 3.98. The van der Waals surface area contributed by atoms with E-state index in [2.05, 4.69) is 6.92 Å². The smallest absolute Gasteiger partial charge is 0.338 e. The van der Waals surface area contributed by atoms with Gasteiger partial charge in [0.05, 0.1) is 10.5 Å². The second-order valence-corrected chi connectivity index (χ2v) is 11.1. The molecular formula is C22H26N2O5S2. The van der Waals surface area contributed by atoms with Crippen LogP contribution in [0.15, 0.2) is 40.6 Å². The number of ether oxygens (including phenoxy) is 1. The predicted octanol–water partition coefficient (Wildman–Crippen LogP) is 2.91. The number of carbonyl (C=O) groups is 2. The third kappa shape index (κ3) is 4.83. The quantitative estimate of drug-likeness (QED) is 0.638. The normalized spacial score (nSPS) is 17.9. The van der Waals surface area contributed by atoms with Gasteiger partial charge in [0, 0.05) is 31.1 Å². The van der Waals surface area contributed by atoms with E-state index in [1.807, 2.05) is 11.4 Å². The maximum atomic E-state index is 12.8. The number of piperidine rings is 1. The molecule has 0 bridgehead atoms. The van der Waals surface area contributed by atoms with Crippen LogP contribution in [0.25, 0.3) is 0 Å². The number of thiophene rings is 1. The monoisotopic (exact) mass is 462 g/mol. The van der Waals surface area contributed by atoms with Crippen LogP contribution in [0.4, 0.5) is 0 Å². The number of rotatable bonds is 5. The molecule has 166 valence electrons. The van der Waals surface area contributed by atoms with Crippen molar-refractivity contribution in [2.75, 3.05) is 26.2 Å². The first-order valence-electron chi connectivity index (χ1n) is 10.4. The second kappa shape index (κ2) is 9.10. The number of benzene rings is 1. The molecule has 0 N–H and O–H groups in total. The summed E-state index contributed by atoms with van der Waals surface area (Å²) < 4.78 is 32.3. The fourth-order valence-corrected chi connectivity index (χ4v) is 6.26. The van der Waals surface area contributed by atoms with E-state index in [1.165, 1.54) is 33.4 Å². The summed E-state index contributed by atoms with van der Waals surface area (Å²) in [7, 11) is -3.57. The Morgan fingerprint density at radius 3 is 2.52 bits per heavy atom. The average molecular weight is 463 g/mol. The van der Waals surface area contributed by atoms with Gasteiger partial charge in [-0.1, -0.05) is 6.92 Å². The van der Waals surface area contributed by atoms with Crippen LogP contribution in [-0.2, 0) is 32.5 Å². The van der Waals surface area contributed by atoms with Gasteiger partial charge >= 0.3 is 5.97 Å². The molecule has 7 nitrogen and oxygen atoms in total. The third-order valence-corrected chi connectivity index (χ3v) is 8.89. The SMILES string of the molecule is CC1CCN(S(=O)(=O)c2ccc(C(=O)OCC(=O)N3CCc4sccc4C3)cc2)CC1. The molecule has 0 radical (unpaired) electrons. The molecule has 3 heterocycles. The first-order valence-corrected chi connectivity index (χ1v) is 12.8. The first-order chi connectivity index (χ1) is 14.8. The van der Waals surface area contributed by atoms with Gasteiger partial charge in [0.2, 0.25) is 10.0 Å². The Balaban J connectivity index is 1.33. The highest BCUT2D eigenvalue weighted by molar-refractivity contribution is 7.89. The Kier molecular flexibility index (Phi) is 6.45. The van der Waals surface area contributed by atoms with E-state index >= 15 is 0 Å². The van der Waals surface area contributed by atoms with Gasteiger partial charge in [-0.15, -0.1) is 11.3 Å². The van der Waals surface area contributed by atoms with E-state index in [0.717, 1.165) is 24.8 Å². The van der Waals surface area contributed by atoms with Gasteiger partial charge in [0.1, 0.15) is 0 Å². The van der Waals surface area contributed by atoms with Crippen LogP contribution in [0.5, 0.6) is 0 Å². The number of hydrogen-bond donors (Lipinski definition) is 0. The van der Waals surface area contributed by atoms with E-state index in [-0.39, 0.29) is 23.0 Å². The van der Waals surface area contributed by atoms with E-state index in [1.54, 1.807) is 16.2 Å². The molecule has 31 heavy (non-hydrogen) atoms. The molecule has 0 unspecified atom stereocenters. The van der Waals surface area contributed by atoms with Gasteiger partial charge in [0.15, 0.2) is 6.61 Å². The van der Waals surface area contributed by atoms with Crippen LogP contribution >= 0.6 is 11.3 Å². The molecule has 0 spiro atoms. The van der Waals surface area contributed by atoms with E-state index < -0.39 is 16.0 Å². The number of carbonyl (C=O) groups excluding carboxylic acids is 2. The number of esters is 1. The summed E-state index contributed by atoms with van der Waals surface area (Å²) in [5.74, 6) is -0.343. The lowest BCUT2D eigenvalue weighted by Crippen LogP contribution is -2.38. The highest BCUT2D eigenvalue weighted by atomic mass is 32.2. The van der Waals surface area contributed by atoms with Crippen LogP contribution in [0.2, 0.25) is 0 Å². The largest absolute Gasteiger partial charge is 0.452 e. The molecule has 0 saturated carbocycles. The molecule has 1 saturated heterocycles. The fraction of sp³-hybridized carbons (Fsp3) is 0.455. The van der Waals surface area contributed by atoms with Crippen LogP contribution in [0, 0.1) is 5.92 Å². The first kappa shape index (κ1) is 22.0. The minimum absolute atomic E-state index is 0.162. The minimum atomic E-state index is -3.57. The Hall–Kier alpha value is -2.23. The van der Waals surface area contributed by atoms with Crippen molar-refractivity contribution in [1.82, 2.24) is 9.21 Å². The molecule has 2 aliphatic rings. The van der Waals surface area contributed by atoms with Crippen molar-refractivity contribution in [2.24, 2.45) is 5.92 Å². The summed E-state index contributed by atoms with van der Waals surface area (Å²) in [4.78, 5) is 27.9. The lowest BCUT2D eigenvalue weighted by atomic mass is 10.0. The van der Waals surface area contributed by atoms with Crippen LogP contribution in [0.1, 0.15) is 40.6 Å². The average Bonchev–Trinajstić information content (AvgIpc) is 3.25. The van der Waals surface area contributed by atoms with Crippen molar-refractivity contribution in [3.63, 3.8) is 0 Å².